The van der Waals surface area contributed by atoms with Crippen LogP contribution in [0.5, 0.6) is 0 Å². The Hall–Kier alpha value is -3.23. The normalized spacial score (nSPS) is 14.7. The van der Waals surface area contributed by atoms with Crippen molar-refractivity contribution in [2.45, 2.75) is 13.0 Å². The van der Waals surface area contributed by atoms with E-state index in [-0.39, 0.29) is 24.2 Å². The highest BCUT2D eigenvalue weighted by molar-refractivity contribution is 6.21. The van der Waals surface area contributed by atoms with Gasteiger partial charge in [0.25, 0.3) is 11.8 Å². The van der Waals surface area contributed by atoms with Crippen molar-refractivity contribution >= 4 is 29.6 Å². The molecule has 1 aromatic carbocycles. The Morgan fingerprint density at radius 2 is 1.77 bits per heavy atom. The summed E-state index contributed by atoms with van der Waals surface area (Å²) in [6, 6.07) is 7.11. The van der Waals surface area contributed by atoms with Crippen LogP contribution in [-0.4, -0.2) is 67.2 Å². The van der Waals surface area contributed by atoms with Crippen molar-refractivity contribution < 1.29 is 24.2 Å². The molecule has 2 N–H and O–H groups in total. The summed E-state index contributed by atoms with van der Waals surface area (Å²) in [6.07, 6.45) is 2.42. The summed E-state index contributed by atoms with van der Waals surface area (Å²) in [5.74, 6) is -0.983. The first-order valence-electron chi connectivity index (χ1n) is 9.63. The molecule has 0 radical (unpaired) electrons. The highest BCUT2D eigenvalue weighted by Gasteiger charge is 2.36. The molecule has 1 heterocycles. The summed E-state index contributed by atoms with van der Waals surface area (Å²) in [5.41, 5.74) is 1.83. The lowest BCUT2D eigenvalue weighted by Crippen LogP contribution is -2.40. The van der Waals surface area contributed by atoms with E-state index >= 15 is 0 Å². The van der Waals surface area contributed by atoms with Crippen LogP contribution in [0.25, 0.3) is 0 Å². The molecule has 1 aliphatic heterocycles. The summed E-state index contributed by atoms with van der Waals surface area (Å²) in [4.78, 5) is 38.4. The number of rotatable bonds is 13. The molecule has 3 amide bonds. The van der Waals surface area contributed by atoms with Crippen molar-refractivity contribution in [1.82, 2.24) is 4.90 Å². The lowest BCUT2D eigenvalue weighted by molar-refractivity contribution is -0.138. The molecule has 1 atom stereocenters. The van der Waals surface area contributed by atoms with E-state index in [1.165, 1.54) is 12.2 Å². The maximum Gasteiger partial charge on any atom is 0.261 e. The van der Waals surface area contributed by atoms with Crippen molar-refractivity contribution in [3.8, 4) is 0 Å². The summed E-state index contributed by atoms with van der Waals surface area (Å²) >= 11 is 0. The molecule has 0 aliphatic carbocycles. The molecule has 0 aromatic heterocycles. The van der Waals surface area contributed by atoms with Gasteiger partial charge in [0.15, 0.2) is 0 Å². The number of nitrogens with zero attached hydrogens (tertiary/aromatic N) is 2. The second kappa shape index (κ2) is 11.1. The zero-order valence-electron chi connectivity index (χ0n) is 17.0. The molecule has 0 spiro atoms. The number of amides is 3. The topological polar surface area (TPSA) is 99.2 Å². The first-order chi connectivity index (χ1) is 14.5. The Labute approximate surface area is 176 Å². The zero-order valence-corrected chi connectivity index (χ0v) is 17.0. The van der Waals surface area contributed by atoms with Gasteiger partial charge in [-0.1, -0.05) is 25.3 Å². The summed E-state index contributed by atoms with van der Waals surface area (Å²) in [5, 5.41) is 13.3. The molecule has 2 rings (SSSR count). The van der Waals surface area contributed by atoms with Gasteiger partial charge in [0.05, 0.1) is 30.4 Å². The van der Waals surface area contributed by atoms with E-state index in [1.54, 1.807) is 29.2 Å². The van der Waals surface area contributed by atoms with Gasteiger partial charge in [-0.25, -0.2) is 0 Å². The second-order valence-corrected chi connectivity index (χ2v) is 6.53. The maximum atomic E-state index is 12.3. The summed E-state index contributed by atoms with van der Waals surface area (Å²) < 4.78 is 5.27. The van der Waals surface area contributed by atoms with Crippen LogP contribution in [0.15, 0.2) is 60.7 Å². The third-order valence-corrected chi connectivity index (χ3v) is 4.59. The van der Waals surface area contributed by atoms with E-state index in [4.69, 9.17) is 4.74 Å². The highest BCUT2D eigenvalue weighted by atomic mass is 16.5. The maximum absolute atomic E-state index is 12.3. The third kappa shape index (κ3) is 5.43. The van der Waals surface area contributed by atoms with E-state index in [9.17, 15) is 19.5 Å². The van der Waals surface area contributed by atoms with E-state index < -0.39 is 17.9 Å². The Morgan fingerprint density at radius 1 is 1.17 bits per heavy atom. The zero-order chi connectivity index (χ0) is 22.1. The van der Waals surface area contributed by atoms with Gasteiger partial charge in [-0.2, -0.15) is 0 Å². The summed E-state index contributed by atoms with van der Waals surface area (Å²) in [6.45, 7) is 10.5. The van der Waals surface area contributed by atoms with Crippen molar-refractivity contribution in [3.05, 3.63) is 60.7 Å². The Bertz CT molecular complexity index is 802. The predicted octanol–water partition coefficient (Wildman–Crippen LogP) is 1.50. The largest absolute Gasteiger partial charge is 0.389 e. The van der Waals surface area contributed by atoms with Gasteiger partial charge in [0, 0.05) is 31.1 Å². The minimum absolute atomic E-state index is 0.130. The van der Waals surface area contributed by atoms with Gasteiger partial charge in [-0.15, -0.1) is 0 Å². The number of imide groups is 1. The number of nitrogens with one attached hydrogen (secondary N) is 1. The molecule has 160 valence electrons. The number of benzene rings is 1. The fraction of sp³-hybridized carbons (Fsp3) is 0.318. The fourth-order valence-corrected chi connectivity index (χ4v) is 3.01. The predicted molar refractivity (Wildman–Crippen MR) is 115 cm³/mol. The number of aliphatic hydroxyl groups excluding tert-OH is 1. The van der Waals surface area contributed by atoms with E-state index in [0.717, 1.165) is 22.7 Å². The molecule has 30 heavy (non-hydrogen) atoms. The van der Waals surface area contributed by atoms with E-state index in [2.05, 4.69) is 18.5 Å². The number of aliphatic hydroxyl groups is 1. The summed E-state index contributed by atoms with van der Waals surface area (Å²) in [7, 11) is 0. The number of anilines is 2. The Balaban J connectivity index is 1.89. The Kier molecular flexibility index (Phi) is 8.52. The quantitative estimate of drug-likeness (QED) is 0.289. The van der Waals surface area contributed by atoms with Crippen molar-refractivity contribution in [2.24, 2.45) is 0 Å². The van der Waals surface area contributed by atoms with Crippen molar-refractivity contribution in [1.29, 1.82) is 0 Å². The van der Waals surface area contributed by atoms with Crippen LogP contribution < -0.4 is 10.2 Å². The van der Waals surface area contributed by atoms with Crippen LogP contribution in [0.1, 0.15) is 6.92 Å². The van der Waals surface area contributed by atoms with Crippen molar-refractivity contribution in [2.75, 3.05) is 43.1 Å². The molecule has 0 saturated heterocycles. The van der Waals surface area contributed by atoms with Gasteiger partial charge < -0.3 is 20.1 Å². The minimum Gasteiger partial charge on any atom is -0.389 e. The minimum atomic E-state index is -0.967. The molecule has 1 aromatic rings. The first-order valence-corrected chi connectivity index (χ1v) is 9.63. The SMILES string of the molecule is C=CC1=C(C=C)C(=O)N(CC(O)CNc2ccc(N(C=O)CCOCC)cc2)C1=O. The van der Waals surface area contributed by atoms with Gasteiger partial charge in [0.1, 0.15) is 0 Å². The van der Waals surface area contributed by atoms with Crippen LogP contribution in [0.4, 0.5) is 11.4 Å². The number of β-amino-alcohol motifs (C(OH)–C–C–N with tert-alkyl or cyclic N) is 1. The van der Waals surface area contributed by atoms with Crippen LogP contribution in [0.2, 0.25) is 0 Å². The number of hydrogen-bond acceptors (Lipinski definition) is 6. The van der Waals surface area contributed by atoms with Gasteiger partial charge in [-0.3, -0.25) is 19.3 Å². The standard InChI is InChI=1S/C22H27N3O5/c1-4-19-20(5-2)22(29)25(21(19)28)14-18(27)13-23-16-7-9-17(10-8-16)24(15-26)11-12-30-6-3/h4-5,7-10,15,18,23,27H,1-2,6,11-14H2,3H3. The Morgan fingerprint density at radius 3 is 2.27 bits per heavy atom. The molecule has 8 heteroatoms. The number of hydrogen-bond donors (Lipinski definition) is 2. The van der Waals surface area contributed by atoms with Gasteiger partial charge in [-0.05, 0) is 31.2 Å². The lowest BCUT2D eigenvalue weighted by Gasteiger charge is -2.20. The molecule has 0 bridgehead atoms. The highest BCUT2D eigenvalue weighted by Crippen LogP contribution is 2.22. The second-order valence-electron chi connectivity index (χ2n) is 6.53. The molecule has 1 aliphatic rings. The average molecular weight is 413 g/mol. The van der Waals surface area contributed by atoms with Gasteiger partial charge in [0.2, 0.25) is 6.41 Å². The van der Waals surface area contributed by atoms with Crippen molar-refractivity contribution in [3.63, 3.8) is 0 Å². The first kappa shape index (κ1) is 23.1. The smallest absolute Gasteiger partial charge is 0.261 e. The molecular weight excluding hydrogens is 386 g/mol. The average Bonchev–Trinajstić information content (AvgIpc) is 2.99. The van der Waals surface area contributed by atoms with Crippen LogP contribution in [-0.2, 0) is 19.1 Å². The molecule has 1 unspecified atom stereocenters. The van der Waals surface area contributed by atoms with Crippen LogP contribution in [0, 0.1) is 0 Å². The van der Waals surface area contributed by atoms with E-state index in [1.807, 2.05) is 6.92 Å². The molecule has 0 saturated carbocycles. The molecule has 0 fully saturated rings. The third-order valence-electron chi connectivity index (χ3n) is 4.59. The number of carbonyl (C=O) groups is 3. The lowest BCUT2D eigenvalue weighted by atomic mass is 10.1. The van der Waals surface area contributed by atoms with E-state index in [0.29, 0.717) is 19.8 Å². The number of carbonyl (C=O) groups excluding carboxylic acids is 3. The fourth-order valence-electron chi connectivity index (χ4n) is 3.01. The molecule has 8 nitrogen and oxygen atoms in total. The van der Waals surface area contributed by atoms with Crippen LogP contribution >= 0.6 is 0 Å². The molecular formula is C22H27N3O5. The van der Waals surface area contributed by atoms with Gasteiger partial charge >= 0.3 is 0 Å². The number of ether oxygens (including phenoxy) is 1. The van der Waals surface area contributed by atoms with Crippen LogP contribution in [0.3, 0.4) is 0 Å². The monoisotopic (exact) mass is 413 g/mol.